The molecule has 1 aliphatic carbocycles. The number of nitrogens with zero attached hydrogens (tertiary/aromatic N) is 4. The average molecular weight is 835 g/mol. The maximum absolute atomic E-state index is 5.39. The number of thiophene rings is 1. The van der Waals surface area contributed by atoms with Crippen LogP contribution in [0.15, 0.2) is 206 Å². The zero-order valence-corrected chi connectivity index (χ0v) is 35.6. The van der Waals surface area contributed by atoms with Gasteiger partial charge in [0.1, 0.15) is 0 Å². The Kier molecular flexibility index (Phi) is 8.49. The largest absolute Gasteiger partial charge is 0.278 e. The van der Waals surface area contributed by atoms with E-state index in [1.54, 1.807) is 0 Å². The molecule has 0 radical (unpaired) electrons. The zero-order chi connectivity index (χ0) is 42.1. The molecule has 4 nitrogen and oxygen atoms in total. The Morgan fingerprint density at radius 3 is 1.39 bits per heavy atom. The normalized spacial score (nSPS) is 12.2. The first-order valence-corrected chi connectivity index (χ1v) is 22.7. The summed E-state index contributed by atoms with van der Waals surface area (Å²) in [5, 5.41) is 5.15. The van der Waals surface area contributed by atoms with E-state index in [4.69, 9.17) is 15.0 Å². The lowest BCUT2D eigenvalue weighted by molar-refractivity contribution is 0.953. The van der Waals surface area contributed by atoms with Crippen LogP contribution < -0.4 is 0 Å². The Hall–Kier alpha value is -7.99. The van der Waals surface area contributed by atoms with Gasteiger partial charge in [0.2, 0.25) is 5.95 Å². The van der Waals surface area contributed by atoms with E-state index < -0.39 is 0 Å². The van der Waals surface area contributed by atoms with Gasteiger partial charge in [-0.3, -0.25) is 4.57 Å². The number of aryl methyl sites for hydroxylation is 2. The van der Waals surface area contributed by atoms with Crippen molar-refractivity contribution in [2.45, 2.75) is 12.8 Å². The Morgan fingerprint density at radius 2 is 0.812 bits per heavy atom. The maximum atomic E-state index is 5.39. The summed E-state index contributed by atoms with van der Waals surface area (Å²) in [5.74, 6) is 1.88. The zero-order valence-electron chi connectivity index (χ0n) is 34.7. The number of rotatable bonds is 7. The van der Waals surface area contributed by atoms with E-state index in [1.165, 1.54) is 86.6 Å². The standard InChI is InChI=1S/C59H38N4S/c1-5-16-37(17-6-1)43-32-44(38-18-7-2-8-19-38)34-45(33-43)46-30-41-28-29-42-31-47(48-25-15-26-50-49-24-13-14-27-53(49)64-56(48)50)36-52-55(42)54(41)51(35-46)63(52)59-61-57(39-20-9-3-10-21-39)60-58(62-59)40-22-11-4-12-23-40/h1-27,30-36H,28-29H2. The molecule has 0 aliphatic heterocycles. The molecule has 0 unspecified atom stereocenters. The third-order valence-electron chi connectivity index (χ3n) is 12.9. The van der Waals surface area contributed by atoms with E-state index in [-0.39, 0.29) is 0 Å². The fraction of sp³-hybridized carbons (Fsp3) is 0.0339. The number of benzene rings is 9. The molecule has 0 atom stereocenters. The van der Waals surface area contributed by atoms with Gasteiger partial charge >= 0.3 is 0 Å². The van der Waals surface area contributed by atoms with Crippen LogP contribution in [0.25, 0.3) is 115 Å². The highest BCUT2D eigenvalue weighted by molar-refractivity contribution is 7.26. The van der Waals surface area contributed by atoms with Gasteiger partial charge in [0.25, 0.3) is 0 Å². The molecule has 12 aromatic rings. The molecule has 300 valence electrons. The summed E-state index contributed by atoms with van der Waals surface area (Å²) in [7, 11) is 0. The number of hydrogen-bond donors (Lipinski definition) is 0. The van der Waals surface area contributed by atoms with Gasteiger partial charge in [-0.2, -0.15) is 9.97 Å². The van der Waals surface area contributed by atoms with Gasteiger partial charge in [-0.25, -0.2) is 4.98 Å². The van der Waals surface area contributed by atoms with Gasteiger partial charge in [-0.05, 0) is 105 Å². The molecule has 0 N–H and O–H groups in total. The van der Waals surface area contributed by atoms with Crippen LogP contribution >= 0.6 is 11.3 Å². The molecule has 0 bridgehead atoms. The smallest absolute Gasteiger partial charge is 0.238 e. The van der Waals surface area contributed by atoms with Crippen LogP contribution in [0.3, 0.4) is 0 Å². The van der Waals surface area contributed by atoms with Gasteiger partial charge in [-0.1, -0.05) is 170 Å². The van der Waals surface area contributed by atoms with E-state index in [2.05, 4.69) is 174 Å². The lowest BCUT2D eigenvalue weighted by atomic mass is 9.86. The molecule has 0 saturated heterocycles. The molecule has 0 amide bonds. The summed E-state index contributed by atoms with van der Waals surface area (Å²) >= 11 is 1.88. The van der Waals surface area contributed by atoms with Crippen molar-refractivity contribution in [3.8, 4) is 73.2 Å². The molecule has 3 heterocycles. The molecule has 1 aliphatic rings. The quantitative estimate of drug-likeness (QED) is 0.161. The lowest BCUT2D eigenvalue weighted by Gasteiger charge is -2.17. The van der Waals surface area contributed by atoms with Crippen molar-refractivity contribution in [2.75, 3.05) is 0 Å². The predicted octanol–water partition coefficient (Wildman–Crippen LogP) is 15.4. The number of hydrogen-bond acceptors (Lipinski definition) is 4. The molecule has 0 saturated carbocycles. The van der Waals surface area contributed by atoms with Gasteiger partial charge < -0.3 is 0 Å². The third-order valence-corrected chi connectivity index (χ3v) is 14.1. The van der Waals surface area contributed by atoms with Crippen molar-refractivity contribution in [2.24, 2.45) is 0 Å². The van der Waals surface area contributed by atoms with Crippen molar-refractivity contribution in [1.29, 1.82) is 0 Å². The van der Waals surface area contributed by atoms with Crippen LogP contribution in [0.1, 0.15) is 11.1 Å². The summed E-state index contributed by atoms with van der Waals surface area (Å²) in [6.07, 6.45) is 1.86. The summed E-state index contributed by atoms with van der Waals surface area (Å²) in [5.41, 5.74) is 16.3. The molecule has 64 heavy (non-hydrogen) atoms. The van der Waals surface area contributed by atoms with E-state index in [0.717, 1.165) is 35.0 Å². The fourth-order valence-corrected chi connectivity index (χ4v) is 11.1. The van der Waals surface area contributed by atoms with Crippen molar-refractivity contribution in [3.05, 3.63) is 217 Å². The topological polar surface area (TPSA) is 43.6 Å². The average Bonchev–Trinajstić information content (AvgIpc) is 3.93. The highest BCUT2D eigenvalue weighted by atomic mass is 32.1. The van der Waals surface area contributed by atoms with E-state index in [9.17, 15) is 0 Å². The third kappa shape index (κ3) is 6.08. The molecule has 5 heteroatoms. The van der Waals surface area contributed by atoms with Crippen LogP contribution in [0.4, 0.5) is 0 Å². The second kappa shape index (κ2) is 14.8. The Balaban J connectivity index is 1.12. The number of aromatic nitrogens is 4. The lowest BCUT2D eigenvalue weighted by Crippen LogP contribution is -2.06. The van der Waals surface area contributed by atoms with Crippen molar-refractivity contribution < 1.29 is 0 Å². The fourth-order valence-electron chi connectivity index (χ4n) is 9.89. The summed E-state index contributed by atoms with van der Waals surface area (Å²) < 4.78 is 4.94. The molecular weight excluding hydrogens is 797 g/mol. The maximum Gasteiger partial charge on any atom is 0.238 e. The Morgan fingerprint density at radius 1 is 0.359 bits per heavy atom. The highest BCUT2D eigenvalue weighted by Gasteiger charge is 2.26. The minimum absolute atomic E-state index is 0.601. The molecular formula is C59H38N4S. The Labute approximate surface area is 374 Å². The first-order valence-electron chi connectivity index (χ1n) is 21.9. The predicted molar refractivity (Wildman–Crippen MR) is 267 cm³/mol. The van der Waals surface area contributed by atoms with Gasteiger partial charge in [0.15, 0.2) is 11.6 Å². The monoisotopic (exact) mass is 834 g/mol. The van der Waals surface area contributed by atoms with Crippen LogP contribution in [0.2, 0.25) is 0 Å². The molecule has 0 fully saturated rings. The number of fused-ring (bicyclic) bond motifs is 3. The summed E-state index contributed by atoms with van der Waals surface area (Å²) in [6.45, 7) is 0. The molecule has 0 spiro atoms. The first kappa shape index (κ1) is 36.6. The van der Waals surface area contributed by atoms with Crippen LogP contribution in [0, 0.1) is 0 Å². The van der Waals surface area contributed by atoms with E-state index in [0.29, 0.717) is 17.6 Å². The van der Waals surface area contributed by atoms with Crippen molar-refractivity contribution >= 4 is 53.3 Å². The first-order chi connectivity index (χ1) is 31.7. The van der Waals surface area contributed by atoms with Gasteiger partial charge in [0.05, 0.1) is 11.0 Å². The SMILES string of the molecule is c1ccc(-c2cc(-c3ccccc3)cc(-c3cc4c5c6c(cc(-c7cccc8c7sc7ccccc78)cc6n(-c6nc(-c7ccccc7)nc(-c7ccccc7)n6)c5c3)CC4)c2)cc1. The van der Waals surface area contributed by atoms with E-state index in [1.807, 2.05) is 47.7 Å². The van der Waals surface area contributed by atoms with Gasteiger partial charge in [-0.15, -0.1) is 11.3 Å². The minimum Gasteiger partial charge on any atom is -0.278 e. The van der Waals surface area contributed by atoms with Gasteiger partial charge in [0, 0.05) is 42.1 Å². The van der Waals surface area contributed by atoms with Crippen LogP contribution in [-0.2, 0) is 12.8 Å². The second-order valence-corrected chi connectivity index (χ2v) is 17.8. The van der Waals surface area contributed by atoms with Crippen LogP contribution in [0.5, 0.6) is 0 Å². The Bertz CT molecular complexity index is 3650. The minimum atomic E-state index is 0.601. The molecule has 9 aromatic carbocycles. The van der Waals surface area contributed by atoms with Crippen molar-refractivity contribution in [1.82, 2.24) is 19.5 Å². The highest BCUT2D eigenvalue weighted by Crippen LogP contribution is 2.47. The summed E-state index contributed by atoms with van der Waals surface area (Å²) in [6, 6.07) is 74.2. The molecule has 3 aromatic heterocycles. The second-order valence-electron chi connectivity index (χ2n) is 16.7. The molecule has 13 rings (SSSR count). The summed E-state index contributed by atoms with van der Waals surface area (Å²) in [4.78, 5) is 15.9. The van der Waals surface area contributed by atoms with Crippen LogP contribution in [-0.4, -0.2) is 19.5 Å². The van der Waals surface area contributed by atoms with E-state index >= 15 is 0 Å². The van der Waals surface area contributed by atoms with Crippen molar-refractivity contribution in [3.63, 3.8) is 0 Å².